The van der Waals surface area contributed by atoms with Crippen LogP contribution in [-0.4, -0.2) is 22.2 Å². The summed E-state index contributed by atoms with van der Waals surface area (Å²) >= 11 is 0. The van der Waals surface area contributed by atoms with Gasteiger partial charge in [0.05, 0.1) is 5.57 Å². The van der Waals surface area contributed by atoms with Crippen molar-refractivity contribution in [1.29, 1.82) is 0 Å². The van der Waals surface area contributed by atoms with E-state index in [1.54, 1.807) is 30.3 Å². The van der Waals surface area contributed by atoms with Crippen LogP contribution in [0.1, 0.15) is 5.56 Å². The molecule has 0 aromatic heterocycles. The number of hydrogen-bond acceptors (Lipinski definition) is 3. The lowest BCUT2D eigenvalue weighted by molar-refractivity contribution is -0.131. The molecule has 15 heavy (non-hydrogen) atoms. The molecule has 0 aliphatic carbocycles. The molecule has 5 nitrogen and oxygen atoms in total. The molecular weight excluding hydrogens is 198 g/mol. The van der Waals surface area contributed by atoms with Crippen LogP contribution in [0, 0.1) is 0 Å². The molecule has 5 heteroatoms. The van der Waals surface area contributed by atoms with Gasteiger partial charge >= 0.3 is 5.97 Å². The molecule has 0 unspecified atom stereocenters. The molecule has 1 aromatic rings. The zero-order valence-electron chi connectivity index (χ0n) is 7.68. The molecule has 1 rings (SSSR count). The molecule has 0 spiro atoms. The fourth-order valence-electron chi connectivity index (χ4n) is 1.05. The molecule has 1 aromatic carbocycles. The number of benzene rings is 1. The summed E-state index contributed by atoms with van der Waals surface area (Å²) in [6.07, 6.45) is 0.817. The van der Waals surface area contributed by atoms with E-state index in [4.69, 9.17) is 10.3 Å². The predicted molar refractivity (Wildman–Crippen MR) is 52.0 cm³/mol. The summed E-state index contributed by atoms with van der Waals surface area (Å²) in [6, 6.07) is 8.16. The van der Waals surface area contributed by atoms with Crippen LogP contribution >= 0.6 is 0 Å². The van der Waals surface area contributed by atoms with Crippen molar-refractivity contribution in [3.63, 3.8) is 0 Å². The first-order valence-electron chi connectivity index (χ1n) is 4.09. The van der Waals surface area contributed by atoms with Gasteiger partial charge in [0.25, 0.3) is 5.91 Å². The minimum absolute atomic E-state index is 0.179. The Morgan fingerprint density at radius 1 is 1.20 bits per heavy atom. The lowest BCUT2D eigenvalue weighted by atomic mass is 10.1. The number of carboxylic acid groups (broad SMARTS) is 1. The summed E-state index contributed by atoms with van der Waals surface area (Å²) in [6.45, 7) is 0. The number of carbonyl (C=O) groups excluding carboxylic acids is 1. The summed E-state index contributed by atoms with van der Waals surface area (Å²) in [5.41, 5.74) is 1.56. The Morgan fingerprint density at radius 3 is 2.27 bits per heavy atom. The topological polar surface area (TPSA) is 86.6 Å². The summed E-state index contributed by atoms with van der Waals surface area (Å²) in [4.78, 5) is 21.6. The van der Waals surface area contributed by atoms with Crippen molar-refractivity contribution in [2.24, 2.45) is 0 Å². The molecule has 0 aliphatic heterocycles. The van der Waals surface area contributed by atoms with E-state index in [0.717, 1.165) is 6.08 Å². The lowest BCUT2D eigenvalue weighted by Crippen LogP contribution is -2.17. The van der Waals surface area contributed by atoms with Crippen molar-refractivity contribution >= 4 is 17.4 Å². The van der Waals surface area contributed by atoms with Crippen LogP contribution in [0.3, 0.4) is 0 Å². The lowest BCUT2D eigenvalue weighted by Gasteiger charge is -2.01. The minimum atomic E-state index is -1.23. The van der Waals surface area contributed by atoms with E-state index in [-0.39, 0.29) is 5.57 Å². The van der Waals surface area contributed by atoms with Gasteiger partial charge in [-0.3, -0.25) is 10.0 Å². The Hall–Kier alpha value is -2.14. The summed E-state index contributed by atoms with van der Waals surface area (Å²) in [7, 11) is 0. The first-order chi connectivity index (χ1) is 7.15. The van der Waals surface area contributed by atoms with Gasteiger partial charge in [0.2, 0.25) is 0 Å². The highest BCUT2D eigenvalue weighted by Gasteiger charge is 2.11. The highest BCUT2D eigenvalue weighted by molar-refractivity contribution is 6.20. The average Bonchev–Trinajstić information content (AvgIpc) is 2.26. The van der Waals surface area contributed by atoms with E-state index >= 15 is 0 Å². The van der Waals surface area contributed by atoms with Gasteiger partial charge in [0, 0.05) is 6.08 Å². The fraction of sp³-hybridized carbons (Fsp3) is 0. The van der Waals surface area contributed by atoms with E-state index in [1.165, 1.54) is 5.48 Å². The second-order valence-electron chi connectivity index (χ2n) is 2.71. The van der Waals surface area contributed by atoms with Crippen molar-refractivity contribution in [3.05, 3.63) is 42.0 Å². The maximum absolute atomic E-state index is 10.8. The number of carboxylic acids is 1. The van der Waals surface area contributed by atoms with Crippen molar-refractivity contribution in [3.8, 4) is 0 Å². The van der Waals surface area contributed by atoms with E-state index < -0.39 is 11.9 Å². The zero-order chi connectivity index (χ0) is 11.3. The third kappa shape index (κ3) is 2.92. The van der Waals surface area contributed by atoms with Gasteiger partial charge < -0.3 is 5.11 Å². The van der Waals surface area contributed by atoms with E-state index in [2.05, 4.69) is 0 Å². The van der Waals surface area contributed by atoms with Crippen LogP contribution in [0.4, 0.5) is 0 Å². The maximum atomic E-state index is 10.8. The summed E-state index contributed by atoms with van der Waals surface area (Å²) < 4.78 is 0. The molecular formula is C10H9NO4. The molecule has 0 saturated carbocycles. The molecule has 3 N–H and O–H groups in total. The number of rotatable bonds is 3. The van der Waals surface area contributed by atoms with Crippen LogP contribution in [0.25, 0.3) is 5.57 Å². The highest BCUT2D eigenvalue weighted by atomic mass is 16.5. The second kappa shape index (κ2) is 4.92. The van der Waals surface area contributed by atoms with Gasteiger partial charge in [-0.2, -0.15) is 0 Å². The summed E-state index contributed by atoms with van der Waals surface area (Å²) in [5, 5.41) is 17.1. The van der Waals surface area contributed by atoms with E-state index in [0.29, 0.717) is 5.56 Å². The second-order valence-corrected chi connectivity index (χ2v) is 2.71. The highest BCUT2D eigenvalue weighted by Crippen LogP contribution is 2.13. The first-order valence-corrected chi connectivity index (χ1v) is 4.09. The van der Waals surface area contributed by atoms with Gasteiger partial charge in [0.15, 0.2) is 0 Å². The van der Waals surface area contributed by atoms with Crippen molar-refractivity contribution in [2.75, 3.05) is 0 Å². The van der Waals surface area contributed by atoms with Gasteiger partial charge in [0.1, 0.15) is 0 Å². The molecule has 0 bridgehead atoms. The number of hydrogen-bond donors (Lipinski definition) is 3. The van der Waals surface area contributed by atoms with E-state index in [9.17, 15) is 9.59 Å². The quantitative estimate of drug-likeness (QED) is 0.386. The Bertz CT molecular complexity index is 397. The number of nitrogens with one attached hydrogen (secondary N) is 1. The number of amides is 1. The Kier molecular flexibility index (Phi) is 3.59. The fourth-order valence-corrected chi connectivity index (χ4v) is 1.05. The average molecular weight is 207 g/mol. The van der Waals surface area contributed by atoms with Gasteiger partial charge in [-0.05, 0) is 5.56 Å². The van der Waals surface area contributed by atoms with Crippen LogP contribution in [0.15, 0.2) is 36.4 Å². The third-order valence-electron chi connectivity index (χ3n) is 1.70. The Labute approximate surface area is 85.6 Å². The molecule has 0 fully saturated rings. The molecule has 0 saturated heterocycles. The van der Waals surface area contributed by atoms with Crippen LogP contribution in [-0.2, 0) is 9.59 Å². The Balaban J connectivity index is 3.10. The predicted octanol–water partition coefficient (Wildman–Crippen LogP) is 0.660. The molecule has 0 aliphatic rings. The van der Waals surface area contributed by atoms with Crippen LogP contribution in [0.5, 0.6) is 0 Å². The first kappa shape index (κ1) is 10.9. The normalized spacial score (nSPS) is 10.9. The zero-order valence-corrected chi connectivity index (χ0v) is 7.68. The SMILES string of the molecule is O=C(/C=C(\C(=O)O)c1ccccc1)NO. The van der Waals surface area contributed by atoms with Crippen LogP contribution in [0.2, 0.25) is 0 Å². The van der Waals surface area contributed by atoms with E-state index in [1.807, 2.05) is 0 Å². The van der Waals surface area contributed by atoms with Crippen molar-refractivity contribution in [2.45, 2.75) is 0 Å². The molecule has 0 radical (unpaired) electrons. The minimum Gasteiger partial charge on any atom is -0.478 e. The maximum Gasteiger partial charge on any atom is 0.336 e. The van der Waals surface area contributed by atoms with Crippen molar-refractivity contribution < 1.29 is 19.9 Å². The monoisotopic (exact) mass is 207 g/mol. The third-order valence-corrected chi connectivity index (χ3v) is 1.70. The standard InChI is InChI=1S/C10H9NO4/c12-9(11-15)6-8(10(13)14)7-4-2-1-3-5-7/h1-6,15H,(H,11,12)(H,13,14)/b8-6-. The molecule has 0 heterocycles. The van der Waals surface area contributed by atoms with Gasteiger partial charge in [-0.25, -0.2) is 10.3 Å². The Morgan fingerprint density at radius 2 is 1.80 bits per heavy atom. The largest absolute Gasteiger partial charge is 0.478 e. The number of carbonyl (C=O) groups is 2. The van der Waals surface area contributed by atoms with Crippen molar-refractivity contribution in [1.82, 2.24) is 5.48 Å². The summed E-state index contributed by atoms with van der Waals surface area (Å²) in [5.74, 6) is -2.11. The molecule has 78 valence electrons. The molecule has 1 amide bonds. The molecule has 0 atom stereocenters. The van der Waals surface area contributed by atoms with Gasteiger partial charge in [-0.1, -0.05) is 30.3 Å². The smallest absolute Gasteiger partial charge is 0.336 e. The van der Waals surface area contributed by atoms with Gasteiger partial charge in [-0.15, -0.1) is 0 Å². The van der Waals surface area contributed by atoms with Crippen LogP contribution < -0.4 is 5.48 Å². The number of aliphatic carboxylic acids is 1. The number of hydroxylamine groups is 1.